The largest absolute Gasteiger partial charge is 0.381 e. The lowest BCUT2D eigenvalue weighted by Gasteiger charge is -2.20. The van der Waals surface area contributed by atoms with Gasteiger partial charge in [0.2, 0.25) is 0 Å². The third kappa shape index (κ3) is 4.89. The molecule has 1 saturated heterocycles. The first-order chi connectivity index (χ1) is 11.0. The van der Waals surface area contributed by atoms with Crippen LogP contribution in [0, 0.1) is 17.6 Å². The molecule has 128 valence electrons. The van der Waals surface area contributed by atoms with Crippen molar-refractivity contribution in [3.8, 4) is 0 Å². The molecule has 1 fully saturated rings. The smallest absolute Gasteiger partial charge is 0.317 e. The number of nitrogens with zero attached hydrogens (tertiary/aromatic N) is 1. The van der Waals surface area contributed by atoms with Crippen LogP contribution in [0.4, 0.5) is 13.6 Å². The van der Waals surface area contributed by atoms with E-state index in [9.17, 15) is 13.6 Å². The van der Waals surface area contributed by atoms with E-state index >= 15 is 0 Å². The zero-order valence-corrected chi connectivity index (χ0v) is 13.6. The van der Waals surface area contributed by atoms with Gasteiger partial charge in [0, 0.05) is 44.1 Å². The molecule has 1 aromatic rings. The van der Waals surface area contributed by atoms with Crippen LogP contribution in [-0.4, -0.2) is 43.8 Å². The van der Waals surface area contributed by atoms with Crippen molar-refractivity contribution in [2.75, 3.05) is 32.8 Å². The fraction of sp³-hybridized carbons (Fsp3) is 0.588. The van der Waals surface area contributed by atoms with Crippen LogP contribution < -0.4 is 5.32 Å². The van der Waals surface area contributed by atoms with Gasteiger partial charge in [-0.25, -0.2) is 13.6 Å². The standard InChI is InChI=1S/C17H24F2N2O2/c1-3-23-11-13-6-7-21(10-13)17(22)20-9-12(2)15-5-4-14(18)8-16(15)19/h4-5,8,12-13H,3,6-7,9-11H2,1-2H3,(H,20,22)/t12-,13-/m1/s1. The Kier molecular flexibility index (Phi) is 6.33. The number of carbonyl (C=O) groups excluding carboxylic acids is 1. The molecule has 0 spiro atoms. The second-order valence-electron chi connectivity index (χ2n) is 6.01. The molecule has 0 bridgehead atoms. The lowest BCUT2D eigenvalue weighted by Crippen LogP contribution is -2.40. The first-order valence-corrected chi connectivity index (χ1v) is 8.06. The molecule has 23 heavy (non-hydrogen) atoms. The van der Waals surface area contributed by atoms with Crippen LogP contribution in [0.5, 0.6) is 0 Å². The maximum Gasteiger partial charge on any atom is 0.317 e. The Morgan fingerprint density at radius 2 is 2.26 bits per heavy atom. The van der Waals surface area contributed by atoms with Gasteiger partial charge < -0.3 is 15.0 Å². The zero-order chi connectivity index (χ0) is 16.8. The fourth-order valence-electron chi connectivity index (χ4n) is 2.80. The lowest BCUT2D eigenvalue weighted by molar-refractivity contribution is 0.113. The van der Waals surface area contributed by atoms with Crippen LogP contribution in [-0.2, 0) is 4.74 Å². The molecule has 1 aliphatic rings. The summed E-state index contributed by atoms with van der Waals surface area (Å²) in [7, 11) is 0. The van der Waals surface area contributed by atoms with Crippen LogP contribution in [0.25, 0.3) is 0 Å². The topological polar surface area (TPSA) is 41.6 Å². The fourth-order valence-corrected chi connectivity index (χ4v) is 2.80. The summed E-state index contributed by atoms with van der Waals surface area (Å²) in [5.41, 5.74) is 0.405. The molecule has 6 heteroatoms. The van der Waals surface area contributed by atoms with Gasteiger partial charge in [-0.3, -0.25) is 0 Å². The van der Waals surface area contributed by atoms with Crippen LogP contribution in [0.3, 0.4) is 0 Å². The van der Waals surface area contributed by atoms with E-state index in [1.165, 1.54) is 12.1 Å². The molecule has 1 aromatic carbocycles. The molecule has 0 aromatic heterocycles. The highest BCUT2D eigenvalue weighted by atomic mass is 19.1. The van der Waals surface area contributed by atoms with E-state index in [2.05, 4.69) is 5.32 Å². The summed E-state index contributed by atoms with van der Waals surface area (Å²) < 4.78 is 32.0. The third-order valence-electron chi connectivity index (χ3n) is 4.18. The van der Waals surface area contributed by atoms with Gasteiger partial charge in [0.25, 0.3) is 0 Å². The normalized spacial score (nSPS) is 19.0. The van der Waals surface area contributed by atoms with Gasteiger partial charge in [0.05, 0.1) is 6.61 Å². The molecular formula is C17H24F2N2O2. The number of carbonyl (C=O) groups is 1. The molecule has 0 unspecified atom stereocenters. The number of halogens is 2. The van der Waals surface area contributed by atoms with Crippen molar-refractivity contribution in [3.05, 3.63) is 35.4 Å². The number of nitrogens with one attached hydrogen (secondary N) is 1. The van der Waals surface area contributed by atoms with Crippen LogP contribution in [0.1, 0.15) is 31.7 Å². The molecule has 1 aliphatic heterocycles. The molecule has 0 saturated carbocycles. The Labute approximate surface area is 135 Å². The molecule has 2 amide bonds. The number of benzene rings is 1. The second-order valence-corrected chi connectivity index (χ2v) is 6.01. The summed E-state index contributed by atoms with van der Waals surface area (Å²) >= 11 is 0. The van der Waals surface area contributed by atoms with Crippen molar-refractivity contribution in [1.82, 2.24) is 10.2 Å². The summed E-state index contributed by atoms with van der Waals surface area (Å²) in [6, 6.07) is 3.38. The Hall–Kier alpha value is -1.69. The number of urea groups is 1. The summed E-state index contributed by atoms with van der Waals surface area (Å²) in [4.78, 5) is 13.9. The average Bonchev–Trinajstić information content (AvgIpc) is 2.99. The minimum atomic E-state index is -0.597. The SMILES string of the molecule is CCOC[C@@H]1CCN(C(=O)NC[C@@H](C)c2ccc(F)cc2F)C1. The molecule has 2 rings (SSSR count). The van der Waals surface area contributed by atoms with E-state index in [1.54, 1.807) is 11.8 Å². The number of ether oxygens (including phenoxy) is 1. The highest BCUT2D eigenvalue weighted by molar-refractivity contribution is 5.74. The monoisotopic (exact) mass is 326 g/mol. The quantitative estimate of drug-likeness (QED) is 0.872. The maximum absolute atomic E-state index is 13.7. The van der Waals surface area contributed by atoms with Crippen LogP contribution in [0.15, 0.2) is 18.2 Å². The third-order valence-corrected chi connectivity index (χ3v) is 4.18. The number of likely N-dealkylation sites (tertiary alicyclic amines) is 1. The molecule has 0 aliphatic carbocycles. The highest BCUT2D eigenvalue weighted by Crippen LogP contribution is 2.20. The summed E-state index contributed by atoms with van der Waals surface area (Å²) in [5.74, 6) is -1.02. The summed E-state index contributed by atoms with van der Waals surface area (Å²) in [6.45, 7) is 6.83. The number of rotatable bonds is 6. The second kappa shape index (κ2) is 8.24. The van der Waals surface area contributed by atoms with Gasteiger partial charge in [-0.2, -0.15) is 0 Å². The Morgan fingerprint density at radius 1 is 1.48 bits per heavy atom. The first-order valence-electron chi connectivity index (χ1n) is 8.06. The number of hydrogen-bond donors (Lipinski definition) is 1. The average molecular weight is 326 g/mol. The minimum Gasteiger partial charge on any atom is -0.381 e. The van der Waals surface area contributed by atoms with E-state index < -0.39 is 11.6 Å². The van der Waals surface area contributed by atoms with Crippen molar-refractivity contribution >= 4 is 6.03 Å². The molecule has 0 radical (unpaired) electrons. The predicted octanol–water partition coefficient (Wildman–Crippen LogP) is 3.14. The zero-order valence-electron chi connectivity index (χ0n) is 13.6. The Balaban J connectivity index is 1.80. The van der Waals surface area contributed by atoms with E-state index in [1.807, 2.05) is 6.92 Å². The van der Waals surface area contributed by atoms with Crippen molar-refractivity contribution in [3.63, 3.8) is 0 Å². The minimum absolute atomic E-state index is 0.140. The van der Waals surface area contributed by atoms with Gasteiger partial charge in [0.1, 0.15) is 11.6 Å². The van der Waals surface area contributed by atoms with Crippen molar-refractivity contribution in [2.24, 2.45) is 5.92 Å². The summed E-state index contributed by atoms with van der Waals surface area (Å²) in [5, 5.41) is 2.83. The van der Waals surface area contributed by atoms with E-state index in [0.29, 0.717) is 44.3 Å². The number of hydrogen-bond acceptors (Lipinski definition) is 2. The van der Waals surface area contributed by atoms with Gasteiger partial charge in [0.15, 0.2) is 0 Å². The van der Waals surface area contributed by atoms with Crippen LogP contribution >= 0.6 is 0 Å². The summed E-state index contributed by atoms with van der Waals surface area (Å²) in [6.07, 6.45) is 0.940. The van der Waals surface area contributed by atoms with E-state index in [-0.39, 0.29) is 11.9 Å². The van der Waals surface area contributed by atoms with Gasteiger partial charge >= 0.3 is 6.03 Å². The number of amides is 2. The Morgan fingerprint density at radius 3 is 2.96 bits per heavy atom. The lowest BCUT2D eigenvalue weighted by atomic mass is 10.0. The van der Waals surface area contributed by atoms with Crippen molar-refractivity contribution in [2.45, 2.75) is 26.2 Å². The van der Waals surface area contributed by atoms with Crippen molar-refractivity contribution < 1.29 is 18.3 Å². The van der Waals surface area contributed by atoms with Crippen molar-refractivity contribution in [1.29, 1.82) is 0 Å². The molecular weight excluding hydrogens is 302 g/mol. The molecule has 2 atom stereocenters. The Bertz CT molecular complexity index is 539. The molecule has 1 N–H and O–H groups in total. The molecule has 1 heterocycles. The molecule has 4 nitrogen and oxygen atoms in total. The van der Waals surface area contributed by atoms with Gasteiger partial charge in [-0.15, -0.1) is 0 Å². The first kappa shape index (κ1) is 17.7. The maximum atomic E-state index is 13.7. The van der Waals surface area contributed by atoms with Gasteiger partial charge in [-0.1, -0.05) is 13.0 Å². The van der Waals surface area contributed by atoms with E-state index in [0.717, 1.165) is 12.5 Å². The predicted molar refractivity (Wildman–Crippen MR) is 84.3 cm³/mol. The van der Waals surface area contributed by atoms with E-state index in [4.69, 9.17) is 4.74 Å². The highest BCUT2D eigenvalue weighted by Gasteiger charge is 2.26. The van der Waals surface area contributed by atoms with Gasteiger partial charge in [-0.05, 0) is 25.0 Å². The van der Waals surface area contributed by atoms with Crippen LogP contribution in [0.2, 0.25) is 0 Å².